The van der Waals surface area contributed by atoms with Crippen LogP contribution in [0.1, 0.15) is 19.3 Å². The van der Waals surface area contributed by atoms with E-state index in [-0.39, 0.29) is 11.8 Å². The van der Waals surface area contributed by atoms with Crippen molar-refractivity contribution in [1.82, 2.24) is 9.80 Å². The molecule has 0 spiro atoms. The van der Waals surface area contributed by atoms with Gasteiger partial charge < -0.3 is 4.90 Å². The van der Waals surface area contributed by atoms with E-state index in [4.69, 9.17) is 0 Å². The predicted molar refractivity (Wildman–Crippen MR) is 121 cm³/mol. The minimum Gasteiger partial charge on any atom is -0.369 e. The molecule has 2 aliphatic heterocycles. The Morgan fingerprint density at radius 1 is 0.897 bits per heavy atom. The number of piperidine rings is 1. The van der Waals surface area contributed by atoms with E-state index in [1.165, 1.54) is 36.3 Å². The van der Waals surface area contributed by atoms with Gasteiger partial charge in [0, 0.05) is 49.8 Å². The summed E-state index contributed by atoms with van der Waals surface area (Å²) in [5.41, 5.74) is 1.28. The number of rotatable bonds is 7. The Balaban J connectivity index is 1.40. The topological polar surface area (TPSA) is 43.9 Å². The third-order valence-electron chi connectivity index (χ3n) is 6.14. The molecule has 1 aromatic heterocycles. The van der Waals surface area contributed by atoms with E-state index in [0.29, 0.717) is 4.90 Å². The van der Waals surface area contributed by atoms with Crippen LogP contribution in [0.3, 0.4) is 0 Å². The molecule has 0 bridgehead atoms. The molecule has 1 unspecified atom stereocenters. The summed E-state index contributed by atoms with van der Waals surface area (Å²) in [6.07, 6.45) is 3.61. The van der Waals surface area contributed by atoms with E-state index in [0.717, 1.165) is 45.8 Å². The monoisotopic (exact) mass is 433 g/mol. The molecule has 158 valence electrons. The molecule has 2 aromatic rings. The van der Waals surface area contributed by atoms with Crippen molar-refractivity contribution in [3.8, 4) is 0 Å². The highest BCUT2D eigenvalue weighted by Crippen LogP contribution is 2.21. The normalized spacial score (nSPS) is 20.6. The largest absolute Gasteiger partial charge is 0.369 e. The van der Waals surface area contributed by atoms with Crippen LogP contribution in [0.4, 0.5) is 5.69 Å². The fourth-order valence-corrected chi connectivity index (χ4v) is 7.11. The number of thiophene rings is 1. The Morgan fingerprint density at radius 2 is 1.62 bits per heavy atom. The molecule has 29 heavy (non-hydrogen) atoms. The summed E-state index contributed by atoms with van der Waals surface area (Å²) in [5.74, 6) is 0.225. The average molecular weight is 434 g/mol. The van der Waals surface area contributed by atoms with E-state index in [1.54, 1.807) is 11.4 Å². The molecule has 3 heterocycles. The Morgan fingerprint density at radius 3 is 2.28 bits per heavy atom. The fourth-order valence-electron chi connectivity index (χ4n) is 4.46. The lowest BCUT2D eigenvalue weighted by Gasteiger charge is -2.41. The summed E-state index contributed by atoms with van der Waals surface area (Å²) >= 11 is 1.45. The minimum absolute atomic E-state index is 0.0727. The van der Waals surface area contributed by atoms with Gasteiger partial charge in [-0.3, -0.25) is 9.80 Å². The number of benzene rings is 1. The van der Waals surface area contributed by atoms with E-state index < -0.39 is 9.84 Å². The van der Waals surface area contributed by atoms with Crippen LogP contribution >= 0.6 is 11.3 Å². The maximum atomic E-state index is 13.0. The first-order valence-corrected chi connectivity index (χ1v) is 13.2. The zero-order chi connectivity index (χ0) is 20.1. The zero-order valence-electron chi connectivity index (χ0n) is 16.9. The van der Waals surface area contributed by atoms with E-state index in [2.05, 4.69) is 45.0 Å². The molecular formula is C22H31N3O2S2. The van der Waals surface area contributed by atoms with E-state index >= 15 is 0 Å². The molecule has 0 aliphatic carbocycles. The first kappa shape index (κ1) is 20.8. The molecule has 0 N–H and O–H groups in total. The van der Waals surface area contributed by atoms with Gasteiger partial charge in [-0.05, 0) is 49.5 Å². The van der Waals surface area contributed by atoms with Gasteiger partial charge in [0.15, 0.2) is 9.84 Å². The van der Waals surface area contributed by atoms with Crippen molar-refractivity contribution in [2.75, 3.05) is 56.5 Å². The maximum absolute atomic E-state index is 13.0. The van der Waals surface area contributed by atoms with Gasteiger partial charge in [-0.15, -0.1) is 0 Å². The van der Waals surface area contributed by atoms with Crippen LogP contribution in [0.15, 0.2) is 52.1 Å². The summed E-state index contributed by atoms with van der Waals surface area (Å²) < 4.78 is 26.0. The van der Waals surface area contributed by atoms with Crippen LogP contribution in [0.5, 0.6) is 0 Å². The maximum Gasteiger partial charge on any atom is 0.180 e. The molecule has 5 nitrogen and oxygen atoms in total. The fraction of sp³-hybridized carbons (Fsp3) is 0.545. The lowest BCUT2D eigenvalue weighted by Crippen LogP contribution is -2.54. The highest BCUT2D eigenvalue weighted by molar-refractivity contribution is 7.91. The smallest absolute Gasteiger partial charge is 0.180 e. The van der Waals surface area contributed by atoms with Crippen LogP contribution in [0.25, 0.3) is 0 Å². The van der Waals surface area contributed by atoms with Gasteiger partial charge in [-0.1, -0.05) is 24.6 Å². The first-order valence-electron chi connectivity index (χ1n) is 10.6. The van der Waals surface area contributed by atoms with Crippen LogP contribution in [0.2, 0.25) is 0 Å². The van der Waals surface area contributed by atoms with Gasteiger partial charge >= 0.3 is 0 Å². The van der Waals surface area contributed by atoms with Crippen molar-refractivity contribution in [3.05, 3.63) is 47.2 Å². The molecule has 1 aromatic carbocycles. The molecular weight excluding hydrogens is 402 g/mol. The minimum atomic E-state index is -3.24. The number of piperazine rings is 1. The number of para-hydroxylation sites is 1. The van der Waals surface area contributed by atoms with Crippen LogP contribution < -0.4 is 4.90 Å². The molecule has 0 saturated carbocycles. The molecule has 2 aliphatic rings. The van der Waals surface area contributed by atoms with Crippen LogP contribution in [0, 0.1) is 0 Å². The van der Waals surface area contributed by atoms with Crippen LogP contribution in [-0.2, 0) is 9.84 Å². The van der Waals surface area contributed by atoms with Crippen molar-refractivity contribution >= 4 is 26.9 Å². The van der Waals surface area contributed by atoms with Gasteiger partial charge in [0.2, 0.25) is 0 Å². The highest BCUT2D eigenvalue weighted by atomic mass is 32.2. The number of nitrogens with zero attached hydrogens (tertiary/aromatic N) is 3. The lowest BCUT2D eigenvalue weighted by molar-refractivity contribution is 0.126. The average Bonchev–Trinajstić information content (AvgIpc) is 3.31. The Labute approximate surface area is 178 Å². The number of hydrogen-bond acceptors (Lipinski definition) is 6. The Bertz CT molecular complexity index is 841. The van der Waals surface area contributed by atoms with Gasteiger partial charge in [-0.25, -0.2) is 8.42 Å². The molecule has 4 rings (SSSR count). The summed E-state index contributed by atoms with van der Waals surface area (Å²) in [7, 11) is -3.24. The zero-order valence-corrected chi connectivity index (χ0v) is 18.6. The number of hydrogen-bond donors (Lipinski definition) is 0. The quantitative estimate of drug-likeness (QED) is 0.671. The third kappa shape index (κ3) is 5.40. The first-order chi connectivity index (χ1) is 14.1. The second-order valence-corrected chi connectivity index (χ2v) is 10.9. The van der Waals surface area contributed by atoms with E-state index in [9.17, 15) is 8.42 Å². The third-order valence-corrected chi connectivity index (χ3v) is 8.76. The Hall–Kier alpha value is -1.41. The summed E-state index contributed by atoms with van der Waals surface area (Å²) in [6.45, 7) is 6.84. The predicted octanol–water partition coefficient (Wildman–Crippen LogP) is 3.20. The molecule has 0 radical (unpaired) electrons. The van der Waals surface area contributed by atoms with Crippen molar-refractivity contribution in [2.24, 2.45) is 0 Å². The van der Waals surface area contributed by atoms with Gasteiger partial charge in [0.1, 0.15) is 0 Å². The summed E-state index contributed by atoms with van der Waals surface area (Å²) in [5, 5.41) is 3.62. The number of likely N-dealkylation sites (tertiary alicyclic amines) is 1. The van der Waals surface area contributed by atoms with Crippen molar-refractivity contribution in [2.45, 2.75) is 30.2 Å². The molecule has 1 atom stereocenters. The van der Waals surface area contributed by atoms with Gasteiger partial charge in [0.25, 0.3) is 0 Å². The number of anilines is 1. The molecule has 7 heteroatoms. The second kappa shape index (κ2) is 9.60. The summed E-state index contributed by atoms with van der Waals surface area (Å²) in [4.78, 5) is 7.80. The second-order valence-electron chi connectivity index (χ2n) is 8.11. The van der Waals surface area contributed by atoms with E-state index in [1.807, 2.05) is 5.38 Å². The lowest BCUT2D eigenvalue weighted by atomic mass is 10.1. The van der Waals surface area contributed by atoms with Gasteiger partial charge in [0.05, 0.1) is 10.6 Å². The summed E-state index contributed by atoms with van der Waals surface area (Å²) in [6, 6.07) is 12.4. The molecule has 2 fully saturated rings. The van der Waals surface area contributed by atoms with Crippen LogP contribution in [-0.4, -0.2) is 75.8 Å². The van der Waals surface area contributed by atoms with Crippen molar-refractivity contribution in [1.29, 1.82) is 0 Å². The SMILES string of the molecule is O=S(=O)(CC(CN1CCN(c2ccccc2)CC1)N1CCCCC1)c1ccsc1. The standard InChI is InChI=1S/C22H31N3O2S2/c26-29(27,22-9-16-28-18-22)19-21(24-10-5-2-6-11-24)17-23-12-14-25(15-13-23)20-7-3-1-4-8-20/h1,3-4,7-9,16,18,21H,2,5-6,10-15,17,19H2. The highest BCUT2D eigenvalue weighted by Gasteiger charge is 2.30. The Kier molecular flexibility index (Phi) is 6.90. The van der Waals surface area contributed by atoms with Crippen molar-refractivity contribution in [3.63, 3.8) is 0 Å². The van der Waals surface area contributed by atoms with Gasteiger partial charge in [-0.2, -0.15) is 11.3 Å². The molecule has 0 amide bonds. The number of sulfone groups is 1. The molecule has 2 saturated heterocycles. The van der Waals surface area contributed by atoms with Crippen molar-refractivity contribution < 1.29 is 8.42 Å².